The van der Waals surface area contributed by atoms with Crippen LogP contribution in [0.5, 0.6) is 11.5 Å². The van der Waals surface area contributed by atoms with E-state index < -0.39 is 10.8 Å². The van der Waals surface area contributed by atoms with E-state index >= 15 is 0 Å². The summed E-state index contributed by atoms with van der Waals surface area (Å²) in [5.74, 6) is 0.637. The monoisotopic (exact) mass is 392 g/mol. The molecule has 0 radical (unpaired) electrons. The maximum atomic E-state index is 12.5. The molecule has 29 heavy (non-hydrogen) atoms. The fraction of sp³-hybridized carbons (Fsp3) is 0.136. The fourth-order valence-corrected chi connectivity index (χ4v) is 2.70. The molecule has 7 nitrogen and oxygen atoms in total. The van der Waals surface area contributed by atoms with Crippen molar-refractivity contribution in [2.75, 3.05) is 7.11 Å². The van der Waals surface area contributed by atoms with Gasteiger partial charge in [-0.3, -0.25) is 14.9 Å². The summed E-state index contributed by atoms with van der Waals surface area (Å²) >= 11 is 0. The zero-order valence-electron chi connectivity index (χ0n) is 15.8. The molecule has 3 aromatic carbocycles. The van der Waals surface area contributed by atoms with Crippen LogP contribution in [-0.4, -0.2) is 17.9 Å². The lowest BCUT2D eigenvalue weighted by Gasteiger charge is -2.10. The minimum Gasteiger partial charge on any atom is -0.496 e. The first-order chi connectivity index (χ1) is 14.1. The third-order valence-electron chi connectivity index (χ3n) is 4.26. The number of hydrogen-bond donors (Lipinski definition) is 1. The molecule has 0 atom stereocenters. The van der Waals surface area contributed by atoms with Gasteiger partial charge in [0.05, 0.1) is 17.6 Å². The molecule has 0 heterocycles. The average molecular weight is 392 g/mol. The summed E-state index contributed by atoms with van der Waals surface area (Å²) in [4.78, 5) is 22.9. The van der Waals surface area contributed by atoms with E-state index in [-0.39, 0.29) is 23.5 Å². The number of nitrogens with one attached hydrogen (secondary N) is 1. The van der Waals surface area contributed by atoms with Crippen LogP contribution in [0, 0.1) is 10.1 Å². The zero-order valence-corrected chi connectivity index (χ0v) is 15.8. The molecule has 0 bridgehead atoms. The van der Waals surface area contributed by atoms with Crippen molar-refractivity contribution in [1.82, 2.24) is 5.32 Å². The van der Waals surface area contributed by atoms with Crippen molar-refractivity contribution in [3.8, 4) is 11.5 Å². The first-order valence-electron chi connectivity index (χ1n) is 8.93. The lowest BCUT2D eigenvalue weighted by molar-refractivity contribution is -0.384. The number of non-ortho nitro benzene ring substituents is 1. The number of rotatable bonds is 8. The summed E-state index contributed by atoms with van der Waals surface area (Å²) in [6.45, 7) is 0.728. The van der Waals surface area contributed by atoms with Crippen molar-refractivity contribution in [1.29, 1.82) is 0 Å². The Labute approximate surface area is 168 Å². The number of carbonyl (C=O) groups excluding carboxylic acids is 1. The summed E-state index contributed by atoms with van der Waals surface area (Å²) in [7, 11) is 1.41. The molecule has 0 aliphatic carbocycles. The van der Waals surface area contributed by atoms with E-state index in [0.29, 0.717) is 6.61 Å². The molecule has 1 N–H and O–H groups in total. The van der Waals surface area contributed by atoms with Crippen molar-refractivity contribution in [3.05, 3.63) is 99.6 Å². The first-order valence-corrected chi connectivity index (χ1v) is 8.93. The van der Waals surface area contributed by atoms with Crippen molar-refractivity contribution >= 4 is 11.6 Å². The largest absolute Gasteiger partial charge is 0.496 e. The molecular weight excluding hydrogens is 372 g/mol. The Hall–Kier alpha value is -3.87. The highest BCUT2D eigenvalue weighted by Crippen LogP contribution is 2.24. The van der Waals surface area contributed by atoms with Gasteiger partial charge in [0.2, 0.25) is 0 Å². The number of nitro groups is 1. The summed E-state index contributed by atoms with van der Waals surface area (Å²) in [5, 5.41) is 13.7. The fourth-order valence-electron chi connectivity index (χ4n) is 2.70. The second kappa shape index (κ2) is 9.36. The molecule has 1 amide bonds. The van der Waals surface area contributed by atoms with Crippen molar-refractivity contribution in [3.63, 3.8) is 0 Å². The number of para-hydroxylation sites is 1. The molecule has 0 saturated carbocycles. The lowest BCUT2D eigenvalue weighted by atomic mass is 10.1. The molecule has 0 unspecified atom stereocenters. The Morgan fingerprint density at radius 1 is 1.00 bits per heavy atom. The number of amides is 1. The van der Waals surface area contributed by atoms with Crippen LogP contribution >= 0.6 is 0 Å². The quantitative estimate of drug-likeness (QED) is 0.460. The highest BCUT2D eigenvalue weighted by molar-refractivity contribution is 5.97. The van der Waals surface area contributed by atoms with E-state index in [4.69, 9.17) is 9.47 Å². The van der Waals surface area contributed by atoms with Gasteiger partial charge in [0.1, 0.15) is 18.1 Å². The number of hydrogen-bond acceptors (Lipinski definition) is 5. The van der Waals surface area contributed by atoms with E-state index in [9.17, 15) is 14.9 Å². The van der Waals surface area contributed by atoms with Crippen LogP contribution in [0.3, 0.4) is 0 Å². The van der Waals surface area contributed by atoms with E-state index in [1.54, 1.807) is 0 Å². The van der Waals surface area contributed by atoms with Crippen LogP contribution in [0.15, 0.2) is 72.8 Å². The van der Waals surface area contributed by atoms with Crippen molar-refractivity contribution in [2.24, 2.45) is 0 Å². The van der Waals surface area contributed by atoms with Gasteiger partial charge in [-0.1, -0.05) is 42.5 Å². The third kappa shape index (κ3) is 5.32. The molecule has 3 rings (SSSR count). The van der Waals surface area contributed by atoms with Crippen LogP contribution in [0.1, 0.15) is 21.5 Å². The van der Waals surface area contributed by atoms with Gasteiger partial charge in [-0.15, -0.1) is 0 Å². The van der Waals surface area contributed by atoms with Gasteiger partial charge in [0.15, 0.2) is 0 Å². The van der Waals surface area contributed by atoms with Gasteiger partial charge in [-0.25, -0.2) is 0 Å². The molecule has 0 fully saturated rings. The number of methoxy groups -OCH3 is 1. The van der Waals surface area contributed by atoms with Gasteiger partial charge in [0, 0.05) is 18.7 Å². The molecule has 148 valence electrons. The standard InChI is InChI=1S/C22H20N2O5/c1-28-21-12-11-18(24(26)27)13-20(21)22(25)23-14-16-7-9-17(10-8-16)15-29-19-5-3-2-4-6-19/h2-13H,14-15H2,1H3,(H,23,25). The topological polar surface area (TPSA) is 90.7 Å². The van der Waals surface area contributed by atoms with E-state index in [1.807, 2.05) is 54.6 Å². The number of carbonyl (C=O) groups is 1. The maximum absolute atomic E-state index is 12.5. The van der Waals surface area contributed by atoms with Gasteiger partial charge in [-0.2, -0.15) is 0 Å². The third-order valence-corrected chi connectivity index (χ3v) is 4.26. The van der Waals surface area contributed by atoms with E-state index in [0.717, 1.165) is 16.9 Å². The Balaban J connectivity index is 1.59. The molecule has 0 aromatic heterocycles. The second-order valence-corrected chi connectivity index (χ2v) is 6.24. The first kappa shape index (κ1) is 19.9. The number of benzene rings is 3. The normalized spacial score (nSPS) is 10.2. The Bertz CT molecular complexity index is 988. The van der Waals surface area contributed by atoms with E-state index in [2.05, 4.69) is 5.32 Å². The molecule has 0 aliphatic heterocycles. The van der Waals surface area contributed by atoms with Crippen molar-refractivity contribution < 1.29 is 19.2 Å². The number of nitrogens with zero attached hydrogens (tertiary/aromatic N) is 1. The average Bonchev–Trinajstić information content (AvgIpc) is 2.77. The Morgan fingerprint density at radius 3 is 2.34 bits per heavy atom. The highest BCUT2D eigenvalue weighted by atomic mass is 16.6. The molecular formula is C22H20N2O5. The summed E-state index contributed by atoms with van der Waals surface area (Å²) in [5.41, 5.74) is 1.85. The minimum atomic E-state index is -0.549. The summed E-state index contributed by atoms with van der Waals surface area (Å²) in [6.07, 6.45) is 0. The van der Waals surface area contributed by atoms with Gasteiger partial charge in [-0.05, 0) is 29.3 Å². The van der Waals surface area contributed by atoms with Crippen LogP contribution in [-0.2, 0) is 13.2 Å². The van der Waals surface area contributed by atoms with Gasteiger partial charge < -0.3 is 14.8 Å². The Kier molecular flexibility index (Phi) is 6.42. The minimum absolute atomic E-state index is 0.120. The van der Waals surface area contributed by atoms with Gasteiger partial charge >= 0.3 is 0 Å². The maximum Gasteiger partial charge on any atom is 0.270 e. The lowest BCUT2D eigenvalue weighted by Crippen LogP contribution is -2.23. The summed E-state index contributed by atoms with van der Waals surface area (Å²) < 4.78 is 10.8. The van der Waals surface area contributed by atoms with Crippen LogP contribution < -0.4 is 14.8 Å². The van der Waals surface area contributed by atoms with Crippen molar-refractivity contribution in [2.45, 2.75) is 13.2 Å². The summed E-state index contributed by atoms with van der Waals surface area (Å²) in [6, 6.07) is 21.1. The molecule has 0 spiro atoms. The van der Waals surface area contributed by atoms with Crippen LogP contribution in [0.4, 0.5) is 5.69 Å². The molecule has 0 saturated heterocycles. The second-order valence-electron chi connectivity index (χ2n) is 6.24. The SMILES string of the molecule is COc1ccc([N+](=O)[O-])cc1C(=O)NCc1ccc(COc2ccccc2)cc1. The molecule has 3 aromatic rings. The number of ether oxygens (including phenoxy) is 2. The van der Waals surface area contributed by atoms with Gasteiger partial charge in [0.25, 0.3) is 11.6 Å². The Morgan fingerprint density at radius 2 is 1.69 bits per heavy atom. The predicted molar refractivity (Wildman–Crippen MR) is 108 cm³/mol. The predicted octanol–water partition coefficient (Wildman–Crippen LogP) is 4.11. The number of nitro benzene ring substituents is 1. The zero-order chi connectivity index (χ0) is 20.6. The molecule has 0 aliphatic rings. The van der Waals surface area contributed by atoms with E-state index in [1.165, 1.54) is 25.3 Å². The highest BCUT2D eigenvalue weighted by Gasteiger charge is 2.17. The molecule has 7 heteroatoms. The van der Waals surface area contributed by atoms with Crippen LogP contribution in [0.2, 0.25) is 0 Å². The smallest absolute Gasteiger partial charge is 0.270 e. The van der Waals surface area contributed by atoms with Crippen LogP contribution in [0.25, 0.3) is 0 Å².